The Labute approximate surface area is 319 Å². The quantitative estimate of drug-likeness (QED) is 0.193. The molecule has 1 fully saturated rings. The van der Waals surface area contributed by atoms with Crippen LogP contribution in [0.3, 0.4) is 0 Å². The van der Waals surface area contributed by atoms with Crippen LogP contribution in [0.2, 0.25) is 0 Å². The molecule has 3 aliphatic rings. The van der Waals surface area contributed by atoms with Crippen LogP contribution in [0.1, 0.15) is 80.3 Å². The fraction of sp³-hybridized carbons (Fsp3) is 0.280. The lowest BCUT2D eigenvalue weighted by Gasteiger charge is -2.52. The maximum absolute atomic E-state index is 10.2. The molecular formula is C50H48O4. The molecule has 4 nitrogen and oxygen atoms in total. The van der Waals surface area contributed by atoms with Gasteiger partial charge in [-0.25, -0.2) is 0 Å². The fourth-order valence-corrected chi connectivity index (χ4v) is 10.9. The second kappa shape index (κ2) is 12.0. The minimum absolute atomic E-state index is 0.131. The van der Waals surface area contributed by atoms with Gasteiger partial charge in [0, 0.05) is 27.5 Å². The molecule has 9 rings (SSSR count). The van der Waals surface area contributed by atoms with Crippen LogP contribution in [0.15, 0.2) is 115 Å². The summed E-state index contributed by atoms with van der Waals surface area (Å²) >= 11 is 0. The van der Waals surface area contributed by atoms with Gasteiger partial charge in [0.2, 0.25) is 0 Å². The molecule has 0 atom stereocenters. The predicted molar refractivity (Wildman–Crippen MR) is 220 cm³/mol. The maximum Gasteiger partial charge on any atom is 0.178 e. The van der Waals surface area contributed by atoms with E-state index in [9.17, 15) is 5.11 Å². The average molecular weight is 713 g/mol. The van der Waals surface area contributed by atoms with Crippen LogP contribution in [-0.4, -0.2) is 19.3 Å². The highest BCUT2D eigenvalue weighted by molar-refractivity contribution is 6.10. The van der Waals surface area contributed by atoms with Crippen LogP contribution in [0.5, 0.6) is 23.0 Å². The summed E-state index contributed by atoms with van der Waals surface area (Å²) in [6, 6.07) is 37.9. The van der Waals surface area contributed by atoms with Crippen molar-refractivity contribution >= 4 is 16.8 Å². The lowest BCUT2D eigenvalue weighted by atomic mass is 9.52. The molecule has 2 aliphatic carbocycles. The third-order valence-corrected chi connectivity index (χ3v) is 12.3. The molecule has 1 heterocycles. The van der Waals surface area contributed by atoms with Crippen molar-refractivity contribution < 1.29 is 19.3 Å². The van der Waals surface area contributed by atoms with Crippen LogP contribution in [0.4, 0.5) is 0 Å². The van der Waals surface area contributed by atoms with Crippen molar-refractivity contribution in [2.75, 3.05) is 14.2 Å². The molecule has 1 aliphatic heterocycles. The Hall–Kier alpha value is -5.48. The molecule has 6 aromatic rings. The molecule has 54 heavy (non-hydrogen) atoms. The van der Waals surface area contributed by atoms with Crippen LogP contribution in [0, 0.1) is 17.8 Å². The summed E-state index contributed by atoms with van der Waals surface area (Å²) in [5.74, 6) is 2.74. The van der Waals surface area contributed by atoms with Gasteiger partial charge in [-0.3, -0.25) is 0 Å². The first-order valence-electron chi connectivity index (χ1n) is 19.1. The number of benzene rings is 6. The molecule has 6 aromatic carbocycles. The van der Waals surface area contributed by atoms with E-state index < -0.39 is 5.60 Å². The Balaban J connectivity index is 1.40. The van der Waals surface area contributed by atoms with Crippen LogP contribution in [-0.2, 0) is 11.0 Å². The van der Waals surface area contributed by atoms with Gasteiger partial charge in [-0.1, -0.05) is 101 Å². The highest BCUT2D eigenvalue weighted by Crippen LogP contribution is 2.67. The van der Waals surface area contributed by atoms with Gasteiger partial charge in [0.05, 0.1) is 14.2 Å². The van der Waals surface area contributed by atoms with Gasteiger partial charge in [0.15, 0.2) is 5.60 Å². The zero-order valence-corrected chi connectivity index (χ0v) is 32.3. The Kier molecular flexibility index (Phi) is 7.63. The Morgan fingerprint density at radius 1 is 0.648 bits per heavy atom. The summed E-state index contributed by atoms with van der Waals surface area (Å²) in [5, 5.41) is 12.5. The number of rotatable bonds is 5. The first-order chi connectivity index (χ1) is 25.9. The molecule has 0 unspecified atom stereocenters. The second-order valence-corrected chi connectivity index (χ2v) is 17.4. The van der Waals surface area contributed by atoms with Crippen molar-refractivity contribution in [1.82, 2.24) is 0 Å². The molecule has 4 heteroatoms. The van der Waals surface area contributed by atoms with Crippen molar-refractivity contribution in [2.45, 2.75) is 64.9 Å². The number of phenols is 1. The van der Waals surface area contributed by atoms with E-state index in [1.165, 1.54) is 45.2 Å². The SMILES string of the molecule is COc1ccc(C2(c3ccc(OC)cc3)C=Cc3c4c(c5cc(C)c(-c6ccc(O)cc6)cc5c3O2)-c2ccccc2C42CC(C)(C)CC(C)(C)C2)cc1. The smallest absolute Gasteiger partial charge is 0.178 e. The summed E-state index contributed by atoms with van der Waals surface area (Å²) in [6.45, 7) is 12.0. The van der Waals surface area contributed by atoms with E-state index in [1.54, 1.807) is 26.4 Å². The normalized spacial score (nSPS) is 18.1. The van der Waals surface area contributed by atoms with Crippen molar-refractivity contribution in [3.05, 3.63) is 149 Å². The Morgan fingerprint density at radius 3 is 1.83 bits per heavy atom. The molecular weight excluding hydrogens is 665 g/mol. The Bertz CT molecular complexity index is 2400. The summed E-state index contributed by atoms with van der Waals surface area (Å²) in [5.41, 5.74) is 11.2. The third-order valence-electron chi connectivity index (χ3n) is 12.3. The van der Waals surface area contributed by atoms with Gasteiger partial charge in [-0.15, -0.1) is 0 Å². The van der Waals surface area contributed by atoms with Gasteiger partial charge in [0.25, 0.3) is 0 Å². The molecule has 0 amide bonds. The van der Waals surface area contributed by atoms with E-state index in [2.05, 4.69) is 107 Å². The summed E-state index contributed by atoms with van der Waals surface area (Å²) in [7, 11) is 3.40. The second-order valence-electron chi connectivity index (χ2n) is 17.4. The maximum atomic E-state index is 10.2. The van der Waals surface area contributed by atoms with Crippen molar-refractivity contribution in [3.8, 4) is 45.3 Å². The first-order valence-corrected chi connectivity index (χ1v) is 19.1. The predicted octanol–water partition coefficient (Wildman–Crippen LogP) is 12.4. The number of aromatic hydroxyl groups is 1. The first kappa shape index (κ1) is 34.3. The molecule has 0 aromatic heterocycles. The number of fused-ring (bicyclic) bond motifs is 10. The molecule has 0 radical (unpaired) electrons. The Morgan fingerprint density at radius 2 is 1.24 bits per heavy atom. The van der Waals surface area contributed by atoms with Gasteiger partial charge in [0.1, 0.15) is 23.0 Å². The van der Waals surface area contributed by atoms with E-state index in [-0.39, 0.29) is 22.0 Å². The molecule has 272 valence electrons. The van der Waals surface area contributed by atoms with Gasteiger partial charge in [-0.2, -0.15) is 0 Å². The molecule has 0 bridgehead atoms. The molecule has 0 saturated heterocycles. The topological polar surface area (TPSA) is 47.9 Å². The van der Waals surface area contributed by atoms with Crippen LogP contribution >= 0.6 is 0 Å². The van der Waals surface area contributed by atoms with Crippen molar-refractivity contribution in [3.63, 3.8) is 0 Å². The van der Waals surface area contributed by atoms with E-state index in [4.69, 9.17) is 14.2 Å². The number of hydrogen-bond acceptors (Lipinski definition) is 4. The zero-order chi connectivity index (χ0) is 37.6. The number of aryl methyl sites for hydroxylation is 1. The zero-order valence-electron chi connectivity index (χ0n) is 32.3. The molecule has 1 N–H and O–H groups in total. The van der Waals surface area contributed by atoms with Crippen molar-refractivity contribution in [1.29, 1.82) is 0 Å². The van der Waals surface area contributed by atoms with E-state index >= 15 is 0 Å². The summed E-state index contributed by atoms with van der Waals surface area (Å²) in [4.78, 5) is 0. The summed E-state index contributed by atoms with van der Waals surface area (Å²) in [6.07, 6.45) is 7.94. The van der Waals surface area contributed by atoms with Crippen LogP contribution in [0.25, 0.3) is 39.1 Å². The monoisotopic (exact) mass is 712 g/mol. The van der Waals surface area contributed by atoms with Gasteiger partial charge in [-0.05, 0) is 130 Å². The standard InChI is InChI=1S/C50H48O4/c1-31-26-41-42(27-40(31)32-12-18-35(51)19-13-32)46-39(45-44(41)38-10-8-9-11-43(38)49(45)29-47(2,3)28-48(4,5)30-49)24-25-50(54-46,33-14-20-36(52-6)21-15-33)34-16-22-37(53-7)23-17-34/h8-27,51H,28-30H2,1-7H3. The minimum Gasteiger partial charge on any atom is -0.508 e. The lowest BCUT2D eigenvalue weighted by molar-refractivity contribution is 0.0642. The highest BCUT2D eigenvalue weighted by Gasteiger charge is 2.55. The molecule has 1 saturated carbocycles. The average Bonchev–Trinajstić information content (AvgIpc) is 3.42. The lowest BCUT2D eigenvalue weighted by Crippen LogP contribution is -2.44. The van der Waals surface area contributed by atoms with E-state index in [0.717, 1.165) is 57.7 Å². The number of methoxy groups -OCH3 is 2. The number of phenolic OH excluding ortho intramolecular Hbond substituents is 1. The van der Waals surface area contributed by atoms with Gasteiger partial charge >= 0.3 is 0 Å². The third kappa shape index (κ3) is 5.17. The van der Waals surface area contributed by atoms with Gasteiger partial charge < -0.3 is 19.3 Å². The highest BCUT2D eigenvalue weighted by atomic mass is 16.5. The number of ether oxygens (including phenoxy) is 3. The van der Waals surface area contributed by atoms with Crippen LogP contribution < -0.4 is 14.2 Å². The number of hydrogen-bond donors (Lipinski definition) is 1. The molecule has 1 spiro atoms. The largest absolute Gasteiger partial charge is 0.508 e. The summed E-state index contributed by atoms with van der Waals surface area (Å²) < 4.78 is 19.0. The van der Waals surface area contributed by atoms with E-state index in [1.807, 2.05) is 36.4 Å². The van der Waals surface area contributed by atoms with E-state index in [0.29, 0.717) is 0 Å². The van der Waals surface area contributed by atoms with Crippen molar-refractivity contribution in [2.24, 2.45) is 10.8 Å². The fourth-order valence-electron chi connectivity index (χ4n) is 10.9. The minimum atomic E-state index is -0.931.